The van der Waals surface area contributed by atoms with Crippen molar-refractivity contribution >= 4 is 45.1 Å². The standard InChI is InChI=1S/C27H21N5O3S/c1-16(24(33)21-15-28-22-12-5-3-10-19(21)22)36-27-30-29-26-31(17-8-7-9-18(14-17)35-2)25(34)20-11-4-6-13-23(20)32(26)27/h3-16,28H,1-2H3. The number of Topliss-reactive ketones (excluding diaryl/α,β-unsaturated/α-hetero) is 1. The van der Waals surface area contributed by atoms with Gasteiger partial charge in [-0.25, -0.2) is 4.57 Å². The monoisotopic (exact) mass is 495 g/mol. The van der Waals surface area contributed by atoms with Crippen molar-refractivity contribution in [3.63, 3.8) is 0 Å². The molecule has 0 aliphatic heterocycles. The summed E-state index contributed by atoms with van der Waals surface area (Å²) in [5.74, 6) is 0.971. The van der Waals surface area contributed by atoms with Crippen LogP contribution in [-0.4, -0.2) is 42.3 Å². The summed E-state index contributed by atoms with van der Waals surface area (Å²) in [6, 6.07) is 22.3. The number of aromatic amines is 1. The normalized spacial score (nSPS) is 12.4. The fourth-order valence-electron chi connectivity index (χ4n) is 4.44. The highest BCUT2D eigenvalue weighted by Gasteiger charge is 2.24. The summed E-state index contributed by atoms with van der Waals surface area (Å²) >= 11 is 1.31. The van der Waals surface area contributed by atoms with Crippen LogP contribution in [0.5, 0.6) is 5.75 Å². The molecule has 178 valence electrons. The second-order valence-electron chi connectivity index (χ2n) is 8.35. The van der Waals surface area contributed by atoms with Crippen molar-refractivity contribution in [3.05, 3.63) is 94.9 Å². The lowest BCUT2D eigenvalue weighted by atomic mass is 10.1. The molecule has 1 unspecified atom stereocenters. The van der Waals surface area contributed by atoms with Crippen LogP contribution in [0.25, 0.3) is 33.3 Å². The number of nitrogens with zero attached hydrogens (tertiary/aromatic N) is 4. The maximum Gasteiger partial charge on any atom is 0.267 e. The van der Waals surface area contributed by atoms with E-state index in [2.05, 4.69) is 15.2 Å². The molecular weight excluding hydrogens is 474 g/mol. The second-order valence-corrected chi connectivity index (χ2v) is 9.66. The van der Waals surface area contributed by atoms with Gasteiger partial charge in [-0.1, -0.05) is 48.2 Å². The molecule has 0 aliphatic carbocycles. The summed E-state index contributed by atoms with van der Waals surface area (Å²) in [6.07, 6.45) is 1.75. The first-order valence-corrected chi connectivity index (χ1v) is 12.2. The van der Waals surface area contributed by atoms with Gasteiger partial charge >= 0.3 is 0 Å². The van der Waals surface area contributed by atoms with E-state index in [0.29, 0.717) is 38.8 Å². The third kappa shape index (κ3) is 3.47. The Morgan fingerprint density at radius 3 is 2.61 bits per heavy atom. The van der Waals surface area contributed by atoms with E-state index >= 15 is 0 Å². The van der Waals surface area contributed by atoms with Gasteiger partial charge in [0.15, 0.2) is 10.9 Å². The van der Waals surface area contributed by atoms with Crippen LogP contribution in [0.1, 0.15) is 17.3 Å². The van der Waals surface area contributed by atoms with Crippen LogP contribution in [0.15, 0.2) is 88.9 Å². The first kappa shape index (κ1) is 22.1. The SMILES string of the molecule is COc1cccc(-n2c(=O)c3ccccc3n3c(SC(C)C(=O)c4c[nH]c5ccccc45)nnc23)c1. The first-order valence-electron chi connectivity index (χ1n) is 11.4. The molecule has 1 N–H and O–H groups in total. The van der Waals surface area contributed by atoms with Crippen molar-refractivity contribution in [2.24, 2.45) is 0 Å². The minimum atomic E-state index is -0.437. The minimum Gasteiger partial charge on any atom is -0.497 e. The molecule has 0 bridgehead atoms. The molecule has 3 aromatic heterocycles. The lowest BCUT2D eigenvalue weighted by Crippen LogP contribution is -2.22. The first-order chi connectivity index (χ1) is 17.6. The van der Waals surface area contributed by atoms with E-state index in [1.165, 1.54) is 16.3 Å². The third-order valence-electron chi connectivity index (χ3n) is 6.21. The number of hydrogen-bond donors (Lipinski definition) is 1. The number of aromatic nitrogens is 5. The Labute approximate surface area is 209 Å². The molecule has 0 fully saturated rings. The van der Waals surface area contributed by atoms with Gasteiger partial charge in [0.05, 0.1) is 29.0 Å². The van der Waals surface area contributed by atoms with E-state index in [9.17, 15) is 9.59 Å². The van der Waals surface area contributed by atoms with Gasteiger partial charge in [-0.05, 0) is 37.3 Å². The van der Waals surface area contributed by atoms with Gasteiger partial charge in [0.1, 0.15) is 5.75 Å². The molecule has 0 saturated heterocycles. The fraction of sp³-hybridized carbons (Fsp3) is 0.111. The molecule has 1 atom stereocenters. The highest BCUT2D eigenvalue weighted by atomic mass is 32.2. The van der Waals surface area contributed by atoms with Gasteiger partial charge in [-0.3, -0.25) is 14.0 Å². The summed E-state index contributed by atoms with van der Waals surface area (Å²) in [6.45, 7) is 1.86. The van der Waals surface area contributed by atoms with Crippen LogP contribution in [0.3, 0.4) is 0 Å². The van der Waals surface area contributed by atoms with Crippen molar-refractivity contribution in [2.45, 2.75) is 17.3 Å². The molecule has 0 aliphatic rings. The number of H-pyrrole nitrogens is 1. The van der Waals surface area contributed by atoms with E-state index < -0.39 is 5.25 Å². The van der Waals surface area contributed by atoms with Gasteiger partial charge < -0.3 is 9.72 Å². The second kappa shape index (κ2) is 8.69. The quantitative estimate of drug-likeness (QED) is 0.261. The maximum atomic E-state index is 13.5. The van der Waals surface area contributed by atoms with Gasteiger partial charge in [0, 0.05) is 28.7 Å². The smallest absolute Gasteiger partial charge is 0.267 e. The molecule has 8 nitrogen and oxygen atoms in total. The molecule has 6 rings (SSSR count). The molecule has 36 heavy (non-hydrogen) atoms. The molecule has 0 radical (unpaired) electrons. The van der Waals surface area contributed by atoms with Crippen molar-refractivity contribution in [3.8, 4) is 11.4 Å². The highest BCUT2D eigenvalue weighted by Crippen LogP contribution is 2.30. The number of thioether (sulfide) groups is 1. The Morgan fingerprint density at radius 1 is 1.00 bits per heavy atom. The van der Waals surface area contributed by atoms with Gasteiger partial charge in [-0.15, -0.1) is 10.2 Å². The van der Waals surface area contributed by atoms with E-state index in [4.69, 9.17) is 4.74 Å². The number of rotatable bonds is 6. The Balaban J connectivity index is 1.49. The lowest BCUT2D eigenvalue weighted by molar-refractivity contribution is 0.0995. The highest BCUT2D eigenvalue weighted by molar-refractivity contribution is 8.00. The van der Waals surface area contributed by atoms with Crippen LogP contribution in [0.2, 0.25) is 0 Å². The Kier molecular flexibility index (Phi) is 5.34. The largest absolute Gasteiger partial charge is 0.497 e. The van der Waals surface area contributed by atoms with E-state index in [0.717, 1.165) is 10.9 Å². The number of benzene rings is 3. The summed E-state index contributed by atoms with van der Waals surface area (Å²) < 4.78 is 8.72. The number of fused-ring (bicyclic) bond motifs is 4. The van der Waals surface area contributed by atoms with Crippen LogP contribution >= 0.6 is 11.8 Å². The van der Waals surface area contributed by atoms with Crippen molar-refractivity contribution in [2.75, 3.05) is 7.11 Å². The molecule has 3 heterocycles. The zero-order valence-electron chi connectivity index (χ0n) is 19.5. The van der Waals surface area contributed by atoms with E-state index in [1.54, 1.807) is 25.4 Å². The van der Waals surface area contributed by atoms with Crippen molar-refractivity contribution in [1.29, 1.82) is 0 Å². The van der Waals surface area contributed by atoms with Crippen LogP contribution in [0.4, 0.5) is 0 Å². The van der Waals surface area contributed by atoms with Gasteiger partial charge in [0.2, 0.25) is 5.78 Å². The van der Waals surface area contributed by atoms with Crippen molar-refractivity contribution in [1.82, 2.24) is 24.1 Å². The average molecular weight is 496 g/mol. The number of methoxy groups -OCH3 is 1. The predicted molar refractivity (Wildman–Crippen MR) is 141 cm³/mol. The van der Waals surface area contributed by atoms with Crippen LogP contribution < -0.4 is 10.3 Å². The number of para-hydroxylation sites is 2. The van der Waals surface area contributed by atoms with E-state index in [1.807, 2.05) is 72.0 Å². The molecule has 0 saturated carbocycles. The average Bonchev–Trinajstić information content (AvgIpc) is 3.53. The molecule has 0 amide bonds. The zero-order chi connectivity index (χ0) is 24.8. The molecule has 0 spiro atoms. The number of ketones is 1. The summed E-state index contributed by atoms with van der Waals surface area (Å²) in [5.41, 5.74) is 2.63. The van der Waals surface area contributed by atoms with Crippen molar-refractivity contribution < 1.29 is 9.53 Å². The zero-order valence-corrected chi connectivity index (χ0v) is 20.3. The Bertz CT molecular complexity index is 1830. The van der Waals surface area contributed by atoms with Gasteiger partial charge in [-0.2, -0.15) is 0 Å². The number of carbonyl (C=O) groups excluding carboxylic acids is 1. The Morgan fingerprint density at radius 2 is 1.78 bits per heavy atom. The van der Waals surface area contributed by atoms with E-state index in [-0.39, 0.29) is 11.3 Å². The Hall–Kier alpha value is -4.37. The minimum absolute atomic E-state index is 0.0142. The molecular formula is C27H21N5O3S. The van der Waals surface area contributed by atoms with Gasteiger partial charge in [0.25, 0.3) is 5.56 Å². The predicted octanol–water partition coefficient (Wildman–Crippen LogP) is 4.89. The fourth-order valence-corrected chi connectivity index (χ4v) is 5.37. The number of hydrogen-bond acceptors (Lipinski definition) is 6. The number of carbonyl (C=O) groups is 1. The number of nitrogens with one attached hydrogen (secondary N) is 1. The summed E-state index contributed by atoms with van der Waals surface area (Å²) in [7, 11) is 1.58. The topological polar surface area (TPSA) is 94.3 Å². The summed E-state index contributed by atoms with van der Waals surface area (Å²) in [4.78, 5) is 30.1. The molecule has 3 aromatic carbocycles. The maximum absolute atomic E-state index is 13.5. The van der Waals surface area contributed by atoms with Crippen LogP contribution in [0, 0.1) is 0 Å². The third-order valence-corrected chi connectivity index (χ3v) is 7.26. The number of ether oxygens (including phenoxy) is 1. The van der Waals surface area contributed by atoms with Crippen LogP contribution in [-0.2, 0) is 0 Å². The molecule has 6 aromatic rings. The summed E-state index contributed by atoms with van der Waals surface area (Å²) in [5, 5.41) is 10.3. The lowest BCUT2D eigenvalue weighted by Gasteiger charge is -2.13. The molecule has 9 heteroatoms.